The fourth-order valence-corrected chi connectivity index (χ4v) is 3.18. The highest BCUT2D eigenvalue weighted by molar-refractivity contribution is 9.10. The molecule has 29 heavy (non-hydrogen) atoms. The first-order chi connectivity index (χ1) is 13.9. The van der Waals surface area contributed by atoms with Crippen LogP contribution in [0.3, 0.4) is 0 Å². The largest absolute Gasteiger partial charge is 0.490 e. The van der Waals surface area contributed by atoms with Crippen molar-refractivity contribution in [3.8, 4) is 23.6 Å². The summed E-state index contributed by atoms with van der Waals surface area (Å²) in [5.74, 6) is 0.813. The van der Waals surface area contributed by atoms with Crippen LogP contribution in [0.5, 0.6) is 5.75 Å². The van der Waals surface area contributed by atoms with Crippen LogP contribution >= 0.6 is 15.9 Å². The molecule has 1 aromatic heterocycles. The van der Waals surface area contributed by atoms with Crippen LogP contribution in [-0.4, -0.2) is 15.9 Å². The fraction of sp³-hybridized carbons (Fsp3) is 0.136. The maximum atomic E-state index is 9.80. The van der Waals surface area contributed by atoms with Gasteiger partial charge in [-0.05, 0) is 50.3 Å². The van der Waals surface area contributed by atoms with Gasteiger partial charge >= 0.3 is 0 Å². The summed E-state index contributed by atoms with van der Waals surface area (Å²) in [5, 5.41) is 23.9. The highest BCUT2D eigenvalue weighted by Crippen LogP contribution is 2.31. The number of aromatic nitrogens is 2. The molecule has 1 heterocycles. The molecule has 2 aromatic carbocycles. The summed E-state index contributed by atoms with van der Waals surface area (Å²) in [5.41, 5.74) is 8.16. The van der Waals surface area contributed by atoms with Gasteiger partial charge in [-0.15, -0.1) is 0 Å². The van der Waals surface area contributed by atoms with Crippen molar-refractivity contribution in [1.82, 2.24) is 9.78 Å². The number of allylic oxidation sites excluding steroid dienone is 1. The van der Waals surface area contributed by atoms with E-state index in [9.17, 15) is 10.5 Å². The molecule has 0 spiro atoms. The number of anilines is 1. The quantitative estimate of drug-likeness (QED) is 0.558. The van der Waals surface area contributed by atoms with Crippen molar-refractivity contribution in [2.75, 3.05) is 5.73 Å². The zero-order valence-corrected chi connectivity index (χ0v) is 17.5. The second-order valence-electron chi connectivity index (χ2n) is 6.49. The Kier molecular flexibility index (Phi) is 6.01. The Morgan fingerprint density at radius 2 is 1.93 bits per heavy atom. The standard InChI is InChI=1S/C22H18BrN5O/c1-14(2)29-20-9-8-17(23)11-15(20)10-16(12-24)21-19(13-25)22(26)28(27-21)18-6-4-3-5-7-18/h3-11,14H,26H2,1-2H3. The third kappa shape index (κ3) is 4.31. The number of hydrogen-bond donors (Lipinski definition) is 1. The highest BCUT2D eigenvalue weighted by Gasteiger charge is 2.20. The normalized spacial score (nSPS) is 11.2. The van der Waals surface area contributed by atoms with Gasteiger partial charge in [-0.25, -0.2) is 4.68 Å². The van der Waals surface area contributed by atoms with Crippen LogP contribution in [0.15, 0.2) is 53.0 Å². The molecule has 0 unspecified atom stereocenters. The van der Waals surface area contributed by atoms with Crippen molar-refractivity contribution in [3.05, 3.63) is 69.8 Å². The number of nitrogens with two attached hydrogens (primary N) is 1. The van der Waals surface area contributed by atoms with E-state index < -0.39 is 0 Å². The van der Waals surface area contributed by atoms with Gasteiger partial charge < -0.3 is 10.5 Å². The van der Waals surface area contributed by atoms with Crippen LogP contribution in [0.1, 0.15) is 30.7 Å². The van der Waals surface area contributed by atoms with Gasteiger partial charge in [0.15, 0.2) is 0 Å². The number of nitriles is 2. The van der Waals surface area contributed by atoms with E-state index in [-0.39, 0.29) is 28.8 Å². The number of nitrogen functional groups attached to an aromatic ring is 1. The summed E-state index contributed by atoms with van der Waals surface area (Å²) in [6, 6.07) is 19.0. The number of para-hydroxylation sites is 1. The third-order valence-corrected chi connectivity index (χ3v) is 4.54. The van der Waals surface area contributed by atoms with E-state index in [1.165, 1.54) is 4.68 Å². The summed E-state index contributed by atoms with van der Waals surface area (Å²) < 4.78 is 8.15. The molecule has 0 aliphatic rings. The van der Waals surface area contributed by atoms with E-state index in [0.717, 1.165) is 4.47 Å². The first-order valence-corrected chi connectivity index (χ1v) is 9.66. The average Bonchev–Trinajstić information content (AvgIpc) is 3.04. The Bertz CT molecular complexity index is 1150. The van der Waals surface area contributed by atoms with Crippen molar-refractivity contribution in [1.29, 1.82) is 10.5 Å². The van der Waals surface area contributed by atoms with E-state index in [4.69, 9.17) is 10.5 Å². The molecule has 7 heteroatoms. The lowest BCUT2D eigenvalue weighted by Gasteiger charge is -2.13. The van der Waals surface area contributed by atoms with Crippen LogP contribution in [0.25, 0.3) is 17.3 Å². The average molecular weight is 448 g/mol. The predicted molar refractivity (Wildman–Crippen MR) is 116 cm³/mol. The van der Waals surface area contributed by atoms with Crippen molar-refractivity contribution in [2.24, 2.45) is 0 Å². The minimum absolute atomic E-state index is 0.0311. The summed E-state index contributed by atoms with van der Waals surface area (Å²) in [6.45, 7) is 3.85. The van der Waals surface area contributed by atoms with Gasteiger partial charge in [0.25, 0.3) is 0 Å². The van der Waals surface area contributed by atoms with Crippen LogP contribution in [0.2, 0.25) is 0 Å². The van der Waals surface area contributed by atoms with Gasteiger partial charge in [-0.1, -0.05) is 34.1 Å². The Morgan fingerprint density at radius 1 is 1.21 bits per heavy atom. The van der Waals surface area contributed by atoms with E-state index in [2.05, 4.69) is 33.2 Å². The number of halogens is 1. The minimum Gasteiger partial charge on any atom is -0.490 e. The predicted octanol–water partition coefficient (Wildman–Crippen LogP) is 4.94. The molecule has 0 atom stereocenters. The Balaban J connectivity index is 2.17. The van der Waals surface area contributed by atoms with Crippen molar-refractivity contribution >= 4 is 33.4 Å². The number of benzene rings is 2. The van der Waals surface area contributed by atoms with E-state index in [1.54, 1.807) is 6.08 Å². The molecule has 6 nitrogen and oxygen atoms in total. The molecule has 3 aromatic rings. The first kappa shape index (κ1) is 20.2. The first-order valence-electron chi connectivity index (χ1n) is 8.87. The van der Waals surface area contributed by atoms with Crippen LogP contribution in [0, 0.1) is 22.7 Å². The molecule has 0 saturated heterocycles. The molecule has 3 rings (SSSR count). The summed E-state index contributed by atoms with van der Waals surface area (Å²) in [7, 11) is 0. The molecule has 0 radical (unpaired) electrons. The molecule has 0 bridgehead atoms. The highest BCUT2D eigenvalue weighted by atomic mass is 79.9. The van der Waals surface area contributed by atoms with Crippen molar-refractivity contribution < 1.29 is 4.74 Å². The molecule has 144 valence electrons. The van der Waals surface area contributed by atoms with Gasteiger partial charge in [0.2, 0.25) is 0 Å². The lowest BCUT2D eigenvalue weighted by atomic mass is 10.1. The number of rotatable bonds is 5. The summed E-state index contributed by atoms with van der Waals surface area (Å²) in [6.07, 6.45) is 1.62. The van der Waals surface area contributed by atoms with Gasteiger partial charge in [-0.3, -0.25) is 0 Å². The smallest absolute Gasteiger partial charge is 0.145 e. The van der Waals surface area contributed by atoms with E-state index in [1.807, 2.05) is 62.4 Å². The van der Waals surface area contributed by atoms with Crippen LogP contribution in [0.4, 0.5) is 5.82 Å². The van der Waals surface area contributed by atoms with Crippen molar-refractivity contribution in [3.63, 3.8) is 0 Å². The zero-order valence-electron chi connectivity index (χ0n) is 15.9. The summed E-state index contributed by atoms with van der Waals surface area (Å²) in [4.78, 5) is 0. The lowest BCUT2D eigenvalue weighted by molar-refractivity contribution is 0.242. The van der Waals surface area contributed by atoms with Gasteiger partial charge in [-0.2, -0.15) is 15.6 Å². The molecule has 0 aliphatic heterocycles. The lowest BCUT2D eigenvalue weighted by Crippen LogP contribution is -2.06. The monoisotopic (exact) mass is 447 g/mol. The zero-order chi connectivity index (χ0) is 21.0. The number of nitrogens with zero attached hydrogens (tertiary/aromatic N) is 4. The van der Waals surface area contributed by atoms with E-state index in [0.29, 0.717) is 17.0 Å². The van der Waals surface area contributed by atoms with Crippen LogP contribution in [-0.2, 0) is 0 Å². The van der Waals surface area contributed by atoms with Gasteiger partial charge in [0.05, 0.1) is 17.4 Å². The molecule has 2 N–H and O–H groups in total. The second kappa shape index (κ2) is 8.64. The molecular formula is C22H18BrN5O. The maximum Gasteiger partial charge on any atom is 0.145 e. The summed E-state index contributed by atoms with van der Waals surface area (Å²) >= 11 is 3.45. The third-order valence-electron chi connectivity index (χ3n) is 4.04. The Labute approximate surface area is 177 Å². The van der Waals surface area contributed by atoms with Gasteiger partial charge in [0.1, 0.15) is 35.0 Å². The number of ether oxygens (including phenoxy) is 1. The molecule has 0 fully saturated rings. The molecule has 0 amide bonds. The van der Waals surface area contributed by atoms with Crippen LogP contribution < -0.4 is 10.5 Å². The van der Waals surface area contributed by atoms with Gasteiger partial charge in [0, 0.05) is 10.0 Å². The minimum atomic E-state index is -0.0311. The Hall–Kier alpha value is -3.55. The molecule has 0 saturated carbocycles. The fourth-order valence-electron chi connectivity index (χ4n) is 2.80. The SMILES string of the molecule is CC(C)Oc1ccc(Br)cc1C=C(C#N)c1nn(-c2ccccc2)c(N)c1C#N. The number of hydrogen-bond acceptors (Lipinski definition) is 5. The van der Waals surface area contributed by atoms with Crippen molar-refractivity contribution in [2.45, 2.75) is 20.0 Å². The van der Waals surface area contributed by atoms with E-state index >= 15 is 0 Å². The maximum absolute atomic E-state index is 9.80. The second-order valence-corrected chi connectivity index (χ2v) is 7.40. The topological polar surface area (TPSA) is 101 Å². The Morgan fingerprint density at radius 3 is 2.55 bits per heavy atom. The molecule has 0 aliphatic carbocycles. The molecular weight excluding hydrogens is 430 g/mol.